The van der Waals surface area contributed by atoms with Gasteiger partial charge in [0.2, 0.25) is 0 Å². The molecule has 2 rings (SSSR count). The van der Waals surface area contributed by atoms with E-state index in [1.165, 1.54) is 0 Å². The molecular weight excluding hydrogens is 341 g/mol. The number of nitrogens with one attached hydrogen (secondary N) is 2. The van der Waals surface area contributed by atoms with Crippen molar-refractivity contribution in [2.24, 2.45) is 5.10 Å². The Balaban J connectivity index is 1.90. The van der Waals surface area contributed by atoms with Gasteiger partial charge in [0.1, 0.15) is 5.75 Å². The van der Waals surface area contributed by atoms with Gasteiger partial charge in [0.15, 0.2) is 5.11 Å². The number of nitrogens with zero attached hydrogens (tertiary/aromatic N) is 1. The van der Waals surface area contributed by atoms with E-state index in [1.807, 2.05) is 24.3 Å². The fourth-order valence-corrected chi connectivity index (χ4v) is 2.21. The van der Waals surface area contributed by atoms with E-state index in [2.05, 4.69) is 15.8 Å². The summed E-state index contributed by atoms with van der Waals surface area (Å²) in [7, 11) is 1.62. The number of hydrazone groups is 1. The highest BCUT2D eigenvalue weighted by Crippen LogP contribution is 2.25. The minimum absolute atomic E-state index is 0.328. The molecule has 22 heavy (non-hydrogen) atoms. The molecule has 0 heterocycles. The zero-order valence-corrected chi connectivity index (χ0v) is 14.0. The van der Waals surface area contributed by atoms with Crippen LogP contribution in [0.25, 0.3) is 0 Å². The molecule has 0 bridgehead atoms. The summed E-state index contributed by atoms with van der Waals surface area (Å²) in [6.45, 7) is 0. The molecule has 7 heteroatoms. The summed E-state index contributed by atoms with van der Waals surface area (Å²) >= 11 is 17.0. The Morgan fingerprint density at radius 1 is 1.18 bits per heavy atom. The minimum Gasteiger partial charge on any atom is -0.497 e. The van der Waals surface area contributed by atoms with Gasteiger partial charge in [-0.15, -0.1) is 0 Å². The van der Waals surface area contributed by atoms with Crippen molar-refractivity contribution < 1.29 is 4.74 Å². The van der Waals surface area contributed by atoms with E-state index in [-0.39, 0.29) is 0 Å². The molecule has 0 radical (unpaired) electrons. The highest BCUT2D eigenvalue weighted by atomic mass is 35.5. The number of hydrogen-bond donors (Lipinski definition) is 2. The lowest BCUT2D eigenvalue weighted by atomic mass is 10.2. The molecule has 0 saturated carbocycles. The number of benzene rings is 2. The fraction of sp³-hybridized carbons (Fsp3) is 0.0667. The zero-order valence-electron chi connectivity index (χ0n) is 11.6. The summed E-state index contributed by atoms with van der Waals surface area (Å²) in [6.07, 6.45) is 1.65. The molecule has 0 aliphatic rings. The third-order valence-electron chi connectivity index (χ3n) is 2.67. The first-order valence-corrected chi connectivity index (χ1v) is 7.44. The smallest absolute Gasteiger partial charge is 0.191 e. The van der Waals surface area contributed by atoms with Crippen LogP contribution in [0.1, 0.15) is 5.56 Å². The van der Waals surface area contributed by atoms with Crippen LogP contribution in [-0.2, 0) is 0 Å². The maximum Gasteiger partial charge on any atom is 0.191 e. The van der Waals surface area contributed by atoms with Crippen molar-refractivity contribution in [1.82, 2.24) is 5.43 Å². The van der Waals surface area contributed by atoms with Crippen LogP contribution < -0.4 is 15.5 Å². The van der Waals surface area contributed by atoms with Crippen molar-refractivity contribution in [2.45, 2.75) is 0 Å². The normalized spacial score (nSPS) is 10.5. The molecule has 114 valence electrons. The SMILES string of the molecule is COc1ccc(/C=N/NC(=S)Nc2ccc(Cl)cc2Cl)cc1. The summed E-state index contributed by atoms with van der Waals surface area (Å²) in [6, 6.07) is 12.6. The average molecular weight is 354 g/mol. The molecule has 0 spiro atoms. The number of methoxy groups -OCH3 is 1. The molecule has 2 aromatic carbocycles. The van der Waals surface area contributed by atoms with Gasteiger partial charge in [-0.25, -0.2) is 0 Å². The molecule has 2 N–H and O–H groups in total. The lowest BCUT2D eigenvalue weighted by Gasteiger charge is -2.08. The Morgan fingerprint density at radius 3 is 2.55 bits per heavy atom. The minimum atomic E-state index is 0.328. The van der Waals surface area contributed by atoms with E-state index in [9.17, 15) is 0 Å². The standard InChI is InChI=1S/C15H13Cl2N3OS/c1-21-12-5-2-10(3-6-12)9-18-20-15(22)19-14-7-4-11(16)8-13(14)17/h2-9H,1H3,(H2,19,20,22)/b18-9+. The topological polar surface area (TPSA) is 45.6 Å². The number of thiocarbonyl (C=S) groups is 1. The molecule has 0 aromatic heterocycles. The molecule has 0 saturated heterocycles. The summed E-state index contributed by atoms with van der Waals surface area (Å²) in [5.41, 5.74) is 4.29. The van der Waals surface area contributed by atoms with Gasteiger partial charge in [0, 0.05) is 5.02 Å². The molecule has 0 fully saturated rings. The van der Waals surface area contributed by atoms with E-state index in [0.29, 0.717) is 20.8 Å². The summed E-state index contributed by atoms with van der Waals surface area (Å²) in [4.78, 5) is 0. The number of halogens is 2. The summed E-state index contributed by atoms with van der Waals surface area (Å²) < 4.78 is 5.09. The van der Waals surface area contributed by atoms with E-state index in [0.717, 1.165) is 11.3 Å². The third kappa shape index (κ3) is 4.87. The van der Waals surface area contributed by atoms with Gasteiger partial charge in [0.25, 0.3) is 0 Å². The monoisotopic (exact) mass is 353 g/mol. The Hall–Kier alpha value is -1.82. The average Bonchev–Trinajstić information content (AvgIpc) is 2.51. The molecule has 0 aliphatic heterocycles. The van der Waals surface area contributed by atoms with E-state index in [1.54, 1.807) is 31.5 Å². The lowest BCUT2D eigenvalue weighted by Crippen LogP contribution is -2.24. The van der Waals surface area contributed by atoms with E-state index < -0.39 is 0 Å². The van der Waals surface area contributed by atoms with Gasteiger partial charge in [-0.1, -0.05) is 23.2 Å². The van der Waals surface area contributed by atoms with Crippen LogP contribution >= 0.6 is 35.4 Å². The summed E-state index contributed by atoms with van der Waals surface area (Å²) in [5, 5.41) is 8.36. The number of rotatable bonds is 4. The van der Waals surface area contributed by atoms with Gasteiger partial charge in [-0.2, -0.15) is 5.10 Å². The van der Waals surface area contributed by atoms with E-state index in [4.69, 9.17) is 40.2 Å². The van der Waals surface area contributed by atoms with Crippen molar-refractivity contribution in [1.29, 1.82) is 0 Å². The highest BCUT2D eigenvalue weighted by molar-refractivity contribution is 7.80. The van der Waals surface area contributed by atoms with E-state index >= 15 is 0 Å². The lowest BCUT2D eigenvalue weighted by molar-refractivity contribution is 0.415. The molecule has 4 nitrogen and oxygen atoms in total. The number of hydrogen-bond acceptors (Lipinski definition) is 3. The van der Waals surface area contributed by atoms with Crippen LogP contribution in [0.5, 0.6) is 5.75 Å². The predicted octanol–water partition coefficient (Wildman–Crippen LogP) is 4.32. The van der Waals surface area contributed by atoms with Gasteiger partial charge >= 0.3 is 0 Å². The Morgan fingerprint density at radius 2 is 1.91 bits per heavy atom. The largest absolute Gasteiger partial charge is 0.497 e. The number of anilines is 1. The highest BCUT2D eigenvalue weighted by Gasteiger charge is 2.02. The first-order valence-electron chi connectivity index (χ1n) is 6.27. The Kier molecular flexibility index (Phi) is 6.00. The molecule has 0 unspecified atom stereocenters. The molecule has 0 amide bonds. The van der Waals surface area contributed by atoms with Gasteiger partial charge in [-0.05, 0) is 60.2 Å². The second-order valence-corrected chi connectivity index (χ2v) is 5.47. The predicted molar refractivity (Wildman–Crippen MR) is 96.4 cm³/mol. The van der Waals surface area contributed by atoms with Crippen molar-refractivity contribution >= 4 is 52.4 Å². The van der Waals surface area contributed by atoms with Gasteiger partial charge in [-0.3, -0.25) is 5.43 Å². The van der Waals surface area contributed by atoms with Crippen molar-refractivity contribution in [3.63, 3.8) is 0 Å². The zero-order chi connectivity index (χ0) is 15.9. The Bertz CT molecular complexity index is 690. The first kappa shape index (κ1) is 16.5. The van der Waals surface area contributed by atoms with Crippen LogP contribution in [0.15, 0.2) is 47.6 Å². The molecule has 0 atom stereocenters. The second-order valence-electron chi connectivity index (χ2n) is 4.22. The molecular formula is C15H13Cl2N3OS. The Labute approximate surface area is 144 Å². The quantitative estimate of drug-likeness (QED) is 0.488. The fourth-order valence-electron chi connectivity index (χ4n) is 1.60. The van der Waals surface area contributed by atoms with Crippen LogP contribution in [0.3, 0.4) is 0 Å². The van der Waals surface area contributed by atoms with Crippen LogP contribution in [0.4, 0.5) is 5.69 Å². The van der Waals surface area contributed by atoms with Gasteiger partial charge in [0.05, 0.1) is 24.0 Å². The molecule has 2 aromatic rings. The van der Waals surface area contributed by atoms with Crippen molar-refractivity contribution in [3.05, 3.63) is 58.1 Å². The summed E-state index contributed by atoms with van der Waals surface area (Å²) in [5.74, 6) is 0.791. The van der Waals surface area contributed by atoms with Crippen molar-refractivity contribution in [2.75, 3.05) is 12.4 Å². The van der Waals surface area contributed by atoms with Crippen LogP contribution in [0.2, 0.25) is 10.0 Å². The number of ether oxygens (including phenoxy) is 1. The maximum absolute atomic E-state index is 6.05. The third-order valence-corrected chi connectivity index (χ3v) is 3.42. The van der Waals surface area contributed by atoms with Crippen LogP contribution in [0, 0.1) is 0 Å². The van der Waals surface area contributed by atoms with Gasteiger partial charge < -0.3 is 10.1 Å². The molecule has 0 aliphatic carbocycles. The first-order chi connectivity index (χ1) is 10.6. The second kappa shape index (κ2) is 7.98. The van der Waals surface area contributed by atoms with Crippen LogP contribution in [-0.4, -0.2) is 18.4 Å². The van der Waals surface area contributed by atoms with Crippen molar-refractivity contribution in [3.8, 4) is 5.75 Å². The maximum atomic E-state index is 6.05.